The van der Waals surface area contributed by atoms with Crippen molar-refractivity contribution in [3.05, 3.63) is 42.0 Å². The number of amides is 2. The molecule has 0 radical (unpaired) electrons. The van der Waals surface area contributed by atoms with Crippen molar-refractivity contribution >= 4 is 11.7 Å². The van der Waals surface area contributed by atoms with Crippen molar-refractivity contribution in [1.82, 2.24) is 14.5 Å². The van der Waals surface area contributed by atoms with E-state index in [4.69, 9.17) is 4.74 Å². The molecule has 6 nitrogen and oxygen atoms in total. The van der Waals surface area contributed by atoms with Gasteiger partial charge in [0.2, 0.25) is 0 Å². The number of urea groups is 1. The van der Waals surface area contributed by atoms with Crippen LogP contribution in [0.5, 0.6) is 5.75 Å². The Bertz CT molecular complexity index is 651. The molecule has 2 rings (SSSR count). The van der Waals surface area contributed by atoms with E-state index in [1.807, 2.05) is 42.8 Å². The molecule has 118 valence electrons. The largest absolute Gasteiger partial charge is 0.495 e. The first-order valence-corrected chi connectivity index (χ1v) is 7.22. The summed E-state index contributed by atoms with van der Waals surface area (Å²) in [4.78, 5) is 18.2. The molecule has 0 fully saturated rings. The SMILES string of the molecule is CCn1ccnc1CN(C)C(=O)Nc1cc(C)ccc1OC. The smallest absolute Gasteiger partial charge is 0.322 e. The van der Waals surface area contributed by atoms with Crippen molar-refractivity contribution in [1.29, 1.82) is 0 Å². The van der Waals surface area contributed by atoms with Crippen LogP contribution in [0, 0.1) is 6.92 Å². The summed E-state index contributed by atoms with van der Waals surface area (Å²) in [5, 5.41) is 2.88. The Labute approximate surface area is 130 Å². The van der Waals surface area contributed by atoms with Crippen molar-refractivity contribution in [2.75, 3.05) is 19.5 Å². The number of methoxy groups -OCH3 is 1. The van der Waals surface area contributed by atoms with E-state index in [1.165, 1.54) is 0 Å². The number of aryl methyl sites for hydroxylation is 2. The molecule has 0 atom stereocenters. The van der Waals surface area contributed by atoms with Crippen LogP contribution in [0.15, 0.2) is 30.6 Å². The van der Waals surface area contributed by atoms with E-state index in [0.717, 1.165) is 17.9 Å². The summed E-state index contributed by atoms with van der Waals surface area (Å²) in [6.45, 7) is 5.29. The van der Waals surface area contributed by atoms with Crippen LogP contribution in [-0.2, 0) is 13.1 Å². The van der Waals surface area contributed by atoms with Crippen molar-refractivity contribution in [3.63, 3.8) is 0 Å². The summed E-state index contributed by atoms with van der Waals surface area (Å²) < 4.78 is 7.28. The molecule has 0 saturated carbocycles. The van der Waals surface area contributed by atoms with E-state index < -0.39 is 0 Å². The Balaban J connectivity index is 2.07. The van der Waals surface area contributed by atoms with Crippen LogP contribution in [0.25, 0.3) is 0 Å². The standard InChI is InChI=1S/C16H22N4O2/c1-5-20-9-8-17-15(20)11-19(3)16(21)18-13-10-12(2)6-7-14(13)22-4/h6-10H,5,11H2,1-4H3,(H,18,21). The molecular formula is C16H22N4O2. The van der Waals surface area contributed by atoms with Crippen LogP contribution in [0.1, 0.15) is 18.3 Å². The van der Waals surface area contributed by atoms with E-state index in [0.29, 0.717) is 18.0 Å². The van der Waals surface area contributed by atoms with Crippen LogP contribution in [-0.4, -0.2) is 34.6 Å². The molecule has 1 aromatic heterocycles. The van der Waals surface area contributed by atoms with Gasteiger partial charge in [-0.15, -0.1) is 0 Å². The number of benzene rings is 1. The van der Waals surface area contributed by atoms with Crippen molar-refractivity contribution in [2.24, 2.45) is 0 Å². The number of imidazole rings is 1. The molecule has 0 bridgehead atoms. The number of rotatable bonds is 5. The lowest BCUT2D eigenvalue weighted by Gasteiger charge is -2.19. The molecule has 2 aromatic rings. The summed E-state index contributed by atoms with van der Waals surface area (Å²) in [5.41, 5.74) is 1.72. The van der Waals surface area contributed by atoms with Gasteiger partial charge in [0.15, 0.2) is 0 Å². The number of nitrogens with zero attached hydrogens (tertiary/aromatic N) is 3. The Hall–Kier alpha value is -2.50. The number of hydrogen-bond donors (Lipinski definition) is 1. The minimum absolute atomic E-state index is 0.199. The molecule has 1 N–H and O–H groups in total. The fraction of sp³-hybridized carbons (Fsp3) is 0.375. The second kappa shape index (κ2) is 6.98. The van der Waals surface area contributed by atoms with E-state index in [9.17, 15) is 4.79 Å². The third-order valence-electron chi connectivity index (χ3n) is 3.46. The molecule has 0 spiro atoms. The molecule has 0 saturated heterocycles. The van der Waals surface area contributed by atoms with Gasteiger partial charge in [0.1, 0.15) is 11.6 Å². The molecule has 0 aliphatic carbocycles. The molecule has 6 heteroatoms. The summed E-state index contributed by atoms with van der Waals surface area (Å²) in [6, 6.07) is 5.47. The Morgan fingerprint density at radius 3 is 2.91 bits per heavy atom. The zero-order valence-electron chi connectivity index (χ0n) is 13.5. The number of ether oxygens (including phenoxy) is 1. The highest BCUT2D eigenvalue weighted by Crippen LogP contribution is 2.25. The first-order valence-electron chi connectivity index (χ1n) is 7.22. The fourth-order valence-corrected chi connectivity index (χ4v) is 2.19. The zero-order valence-corrected chi connectivity index (χ0v) is 13.5. The van der Waals surface area contributed by atoms with Gasteiger partial charge in [0.25, 0.3) is 0 Å². The molecule has 22 heavy (non-hydrogen) atoms. The molecule has 0 aliphatic heterocycles. The van der Waals surface area contributed by atoms with Gasteiger partial charge in [0, 0.05) is 26.0 Å². The minimum Gasteiger partial charge on any atom is -0.495 e. The summed E-state index contributed by atoms with van der Waals surface area (Å²) in [6.07, 6.45) is 3.65. The number of nitrogens with one attached hydrogen (secondary N) is 1. The third kappa shape index (κ3) is 3.58. The van der Waals surface area contributed by atoms with Gasteiger partial charge < -0.3 is 19.5 Å². The summed E-state index contributed by atoms with van der Waals surface area (Å²) in [5.74, 6) is 1.50. The number of carbonyl (C=O) groups excluding carboxylic acids is 1. The maximum Gasteiger partial charge on any atom is 0.322 e. The lowest BCUT2D eigenvalue weighted by molar-refractivity contribution is 0.219. The predicted octanol–water partition coefficient (Wildman–Crippen LogP) is 2.88. The topological polar surface area (TPSA) is 59.4 Å². The number of anilines is 1. The normalized spacial score (nSPS) is 10.4. The van der Waals surface area contributed by atoms with Crippen LogP contribution < -0.4 is 10.1 Å². The Morgan fingerprint density at radius 1 is 1.45 bits per heavy atom. The fourth-order valence-electron chi connectivity index (χ4n) is 2.19. The van der Waals surface area contributed by atoms with E-state index >= 15 is 0 Å². The van der Waals surface area contributed by atoms with Crippen LogP contribution in [0.4, 0.5) is 10.5 Å². The van der Waals surface area contributed by atoms with Gasteiger partial charge >= 0.3 is 6.03 Å². The first kappa shape index (κ1) is 15.9. The van der Waals surface area contributed by atoms with Crippen LogP contribution in [0.3, 0.4) is 0 Å². The van der Waals surface area contributed by atoms with Crippen LogP contribution in [0.2, 0.25) is 0 Å². The molecule has 0 unspecified atom stereocenters. The van der Waals surface area contributed by atoms with E-state index in [2.05, 4.69) is 10.3 Å². The van der Waals surface area contributed by atoms with Gasteiger partial charge in [-0.05, 0) is 31.5 Å². The summed E-state index contributed by atoms with van der Waals surface area (Å²) in [7, 11) is 3.33. The molecule has 2 amide bonds. The average molecular weight is 302 g/mol. The molecule has 0 aliphatic rings. The predicted molar refractivity (Wildman–Crippen MR) is 86.1 cm³/mol. The quantitative estimate of drug-likeness (QED) is 0.924. The molecule has 1 aromatic carbocycles. The first-order chi connectivity index (χ1) is 10.5. The lowest BCUT2D eigenvalue weighted by atomic mass is 10.2. The van der Waals surface area contributed by atoms with E-state index in [-0.39, 0.29) is 6.03 Å². The van der Waals surface area contributed by atoms with Gasteiger partial charge in [-0.25, -0.2) is 9.78 Å². The number of hydrogen-bond acceptors (Lipinski definition) is 3. The highest BCUT2D eigenvalue weighted by Gasteiger charge is 2.14. The monoisotopic (exact) mass is 302 g/mol. The average Bonchev–Trinajstić information content (AvgIpc) is 2.94. The van der Waals surface area contributed by atoms with Gasteiger partial charge in [0.05, 0.1) is 19.3 Å². The number of carbonyl (C=O) groups is 1. The minimum atomic E-state index is -0.199. The Kier molecular flexibility index (Phi) is 5.04. The van der Waals surface area contributed by atoms with Gasteiger partial charge in [-0.2, -0.15) is 0 Å². The van der Waals surface area contributed by atoms with Crippen LogP contribution >= 0.6 is 0 Å². The molecular weight excluding hydrogens is 280 g/mol. The van der Waals surface area contributed by atoms with E-state index in [1.54, 1.807) is 25.3 Å². The van der Waals surface area contributed by atoms with Gasteiger partial charge in [-0.1, -0.05) is 6.07 Å². The third-order valence-corrected chi connectivity index (χ3v) is 3.46. The Morgan fingerprint density at radius 2 is 2.23 bits per heavy atom. The molecule has 1 heterocycles. The highest BCUT2D eigenvalue weighted by molar-refractivity contribution is 5.90. The van der Waals surface area contributed by atoms with Crippen molar-refractivity contribution in [3.8, 4) is 5.75 Å². The second-order valence-electron chi connectivity index (χ2n) is 5.12. The van der Waals surface area contributed by atoms with Gasteiger partial charge in [-0.3, -0.25) is 0 Å². The maximum absolute atomic E-state index is 12.3. The zero-order chi connectivity index (χ0) is 16.1. The second-order valence-corrected chi connectivity index (χ2v) is 5.12. The van der Waals surface area contributed by atoms with Crippen molar-refractivity contribution < 1.29 is 9.53 Å². The highest BCUT2D eigenvalue weighted by atomic mass is 16.5. The maximum atomic E-state index is 12.3. The lowest BCUT2D eigenvalue weighted by Crippen LogP contribution is -2.32. The number of aromatic nitrogens is 2. The summed E-state index contributed by atoms with van der Waals surface area (Å²) >= 11 is 0. The van der Waals surface area contributed by atoms with Crippen molar-refractivity contribution in [2.45, 2.75) is 26.9 Å².